The third kappa shape index (κ3) is 2.97. The number of halogens is 3. The molecule has 3 aliphatic rings. The van der Waals surface area contributed by atoms with Gasteiger partial charge in [0, 0.05) is 11.1 Å². The van der Waals surface area contributed by atoms with Crippen molar-refractivity contribution in [1.29, 1.82) is 0 Å². The summed E-state index contributed by atoms with van der Waals surface area (Å²) < 4.78 is 53.7. The summed E-state index contributed by atoms with van der Waals surface area (Å²) in [7, 11) is 0. The van der Waals surface area contributed by atoms with E-state index in [1.807, 2.05) is 11.8 Å². The molecule has 0 N–H and O–H groups in total. The van der Waals surface area contributed by atoms with Crippen molar-refractivity contribution in [1.82, 2.24) is 15.0 Å². The van der Waals surface area contributed by atoms with Crippen LogP contribution >= 0.6 is 0 Å². The first-order chi connectivity index (χ1) is 13.7. The van der Waals surface area contributed by atoms with Gasteiger partial charge in [-0.05, 0) is 25.8 Å². The Bertz CT molecular complexity index is 979. The molecule has 10 heteroatoms. The fourth-order valence-electron chi connectivity index (χ4n) is 3.75. The molecule has 1 saturated heterocycles. The summed E-state index contributed by atoms with van der Waals surface area (Å²) in [4.78, 5) is 18.5. The van der Waals surface area contributed by atoms with Crippen LogP contribution in [0.1, 0.15) is 31.2 Å². The molecule has 1 amide bonds. The van der Waals surface area contributed by atoms with Gasteiger partial charge >= 0.3 is 12.1 Å². The van der Waals surface area contributed by atoms with Crippen molar-refractivity contribution in [2.75, 3.05) is 19.8 Å². The van der Waals surface area contributed by atoms with Crippen molar-refractivity contribution in [3.63, 3.8) is 0 Å². The van der Waals surface area contributed by atoms with E-state index in [0.29, 0.717) is 37.7 Å². The monoisotopic (exact) mass is 409 g/mol. The summed E-state index contributed by atoms with van der Waals surface area (Å²) in [6.45, 7) is 3.43. The predicted octanol–water partition coefficient (Wildman–Crippen LogP) is 3.05. The molecule has 1 aromatic heterocycles. The molecular weight excluding hydrogens is 391 g/mol. The van der Waals surface area contributed by atoms with Gasteiger partial charge in [0.25, 0.3) is 0 Å². The van der Waals surface area contributed by atoms with Gasteiger partial charge in [-0.1, -0.05) is 17.3 Å². The Labute approximate surface area is 163 Å². The van der Waals surface area contributed by atoms with E-state index in [1.165, 1.54) is 0 Å². The van der Waals surface area contributed by atoms with Gasteiger partial charge < -0.3 is 18.9 Å². The number of alkyl halides is 3. The van der Waals surface area contributed by atoms with E-state index in [2.05, 4.69) is 14.7 Å². The zero-order chi connectivity index (χ0) is 20.4. The Hall–Kier alpha value is -2.62. The van der Waals surface area contributed by atoms with Crippen LogP contribution in [0.15, 0.2) is 22.7 Å². The van der Waals surface area contributed by atoms with E-state index in [4.69, 9.17) is 9.47 Å². The van der Waals surface area contributed by atoms with Crippen LogP contribution in [0.5, 0.6) is 5.75 Å². The van der Waals surface area contributed by atoms with Gasteiger partial charge in [-0.15, -0.1) is 0 Å². The summed E-state index contributed by atoms with van der Waals surface area (Å²) in [5.41, 5.74) is 0.296. The Morgan fingerprint density at radius 2 is 1.97 bits per heavy atom. The Kier molecular flexibility index (Phi) is 3.77. The van der Waals surface area contributed by atoms with Gasteiger partial charge in [0.2, 0.25) is 11.7 Å². The number of fused-ring (bicyclic) bond motifs is 1. The molecule has 29 heavy (non-hydrogen) atoms. The molecule has 2 aliphatic heterocycles. The van der Waals surface area contributed by atoms with Crippen LogP contribution in [-0.4, -0.2) is 46.3 Å². The van der Waals surface area contributed by atoms with Crippen molar-refractivity contribution < 1.29 is 32.0 Å². The molecule has 2 aromatic rings. The Balaban J connectivity index is 1.45. The molecule has 1 aliphatic carbocycles. The minimum Gasteiger partial charge on any atom is -0.491 e. The maximum absolute atomic E-state index is 13.2. The Morgan fingerprint density at radius 3 is 2.55 bits per heavy atom. The van der Waals surface area contributed by atoms with Crippen molar-refractivity contribution in [2.24, 2.45) is 5.41 Å². The molecule has 154 valence electrons. The second-order valence-electron chi connectivity index (χ2n) is 8.20. The van der Waals surface area contributed by atoms with Crippen molar-refractivity contribution in [3.05, 3.63) is 29.7 Å². The van der Waals surface area contributed by atoms with Crippen molar-refractivity contribution in [2.45, 2.75) is 38.0 Å². The summed E-state index contributed by atoms with van der Waals surface area (Å²) in [6.07, 6.45) is -2.99. The number of rotatable bonds is 2. The van der Waals surface area contributed by atoms with Gasteiger partial charge in [0.15, 0.2) is 0 Å². The quantitative estimate of drug-likeness (QED) is 0.759. The lowest BCUT2D eigenvalue weighted by molar-refractivity contribution is -0.173. The molecule has 0 radical (unpaired) electrons. The van der Waals surface area contributed by atoms with Gasteiger partial charge in [0.05, 0.1) is 30.7 Å². The maximum Gasteiger partial charge on any atom is 0.471 e. The summed E-state index contributed by atoms with van der Waals surface area (Å²) >= 11 is 0. The standard InChI is InChI=1S/C19H18F3N3O4/c1-17(8-27-9-17)16(26)25-7-12-3-2-11(6-13(12)28-10-18(25)4-5-18)14-23-15(29-24-14)19(20,21)22/h2-3,6H,4-5,7-10H2,1H3. The van der Waals surface area contributed by atoms with Crippen LogP contribution in [0.4, 0.5) is 13.2 Å². The highest BCUT2D eigenvalue weighted by Gasteiger charge is 2.56. The van der Waals surface area contributed by atoms with Crippen LogP contribution in [0.3, 0.4) is 0 Å². The fourth-order valence-corrected chi connectivity index (χ4v) is 3.75. The first kappa shape index (κ1) is 18.4. The van der Waals surface area contributed by atoms with Crippen LogP contribution in [0, 0.1) is 5.41 Å². The topological polar surface area (TPSA) is 77.7 Å². The molecule has 0 atom stereocenters. The largest absolute Gasteiger partial charge is 0.491 e. The molecule has 1 saturated carbocycles. The average Bonchev–Trinajstić information content (AvgIpc) is 3.30. The van der Waals surface area contributed by atoms with Crippen molar-refractivity contribution >= 4 is 5.91 Å². The number of nitrogens with zero attached hydrogens (tertiary/aromatic N) is 3. The third-order valence-electron chi connectivity index (χ3n) is 5.82. The lowest BCUT2D eigenvalue weighted by atomic mass is 9.86. The van der Waals surface area contributed by atoms with Crippen LogP contribution in [-0.2, 0) is 22.3 Å². The summed E-state index contributed by atoms with van der Waals surface area (Å²) in [5.74, 6) is -0.999. The number of aromatic nitrogens is 2. The highest BCUT2D eigenvalue weighted by molar-refractivity contribution is 5.85. The normalized spacial score (nSPS) is 21.7. The molecule has 5 rings (SSSR count). The first-order valence-electron chi connectivity index (χ1n) is 9.27. The van der Waals surface area contributed by atoms with Gasteiger partial charge in [-0.3, -0.25) is 4.79 Å². The van der Waals surface area contributed by atoms with E-state index in [0.717, 1.165) is 18.4 Å². The van der Waals surface area contributed by atoms with E-state index in [-0.39, 0.29) is 17.3 Å². The van der Waals surface area contributed by atoms with E-state index in [1.54, 1.807) is 18.2 Å². The number of hydrogen-bond acceptors (Lipinski definition) is 6. The number of carbonyl (C=O) groups is 1. The van der Waals surface area contributed by atoms with Crippen LogP contribution < -0.4 is 4.74 Å². The zero-order valence-electron chi connectivity index (χ0n) is 15.6. The lowest BCUT2D eigenvalue weighted by Crippen LogP contribution is -2.57. The molecule has 3 heterocycles. The van der Waals surface area contributed by atoms with E-state index >= 15 is 0 Å². The summed E-state index contributed by atoms with van der Waals surface area (Å²) in [5, 5.41) is 3.42. The average molecular weight is 409 g/mol. The Morgan fingerprint density at radius 1 is 1.21 bits per heavy atom. The SMILES string of the molecule is CC1(C(=O)N2Cc3ccc(-c4noc(C(F)(F)F)n4)cc3OCC23CC3)COC1. The van der Waals surface area contributed by atoms with Gasteiger partial charge in [-0.2, -0.15) is 18.2 Å². The molecule has 1 spiro atoms. The molecule has 7 nitrogen and oxygen atoms in total. The minimum absolute atomic E-state index is 0.0507. The van der Waals surface area contributed by atoms with Crippen molar-refractivity contribution in [3.8, 4) is 17.1 Å². The maximum atomic E-state index is 13.2. The smallest absolute Gasteiger partial charge is 0.471 e. The number of benzene rings is 1. The number of carbonyl (C=O) groups excluding carboxylic acids is 1. The summed E-state index contributed by atoms with van der Waals surface area (Å²) in [6, 6.07) is 4.93. The molecule has 0 unspecified atom stereocenters. The van der Waals surface area contributed by atoms with E-state index in [9.17, 15) is 18.0 Å². The van der Waals surface area contributed by atoms with Crippen LogP contribution in [0.25, 0.3) is 11.4 Å². The molecule has 2 fully saturated rings. The van der Waals surface area contributed by atoms with Gasteiger partial charge in [-0.25, -0.2) is 0 Å². The molecular formula is C19H18F3N3O4. The zero-order valence-corrected chi connectivity index (χ0v) is 15.6. The molecule has 0 bridgehead atoms. The number of hydrogen-bond donors (Lipinski definition) is 0. The number of ether oxygens (including phenoxy) is 2. The second-order valence-corrected chi connectivity index (χ2v) is 8.20. The first-order valence-corrected chi connectivity index (χ1v) is 9.27. The minimum atomic E-state index is -4.70. The fraction of sp³-hybridized carbons (Fsp3) is 0.526. The van der Waals surface area contributed by atoms with Crippen LogP contribution in [0.2, 0.25) is 0 Å². The third-order valence-corrected chi connectivity index (χ3v) is 5.82. The highest BCUT2D eigenvalue weighted by Crippen LogP contribution is 2.48. The molecule has 1 aromatic carbocycles. The lowest BCUT2D eigenvalue weighted by Gasteiger charge is -2.42. The van der Waals surface area contributed by atoms with E-state index < -0.39 is 17.5 Å². The number of amides is 1. The van der Waals surface area contributed by atoms with Gasteiger partial charge in [0.1, 0.15) is 12.4 Å². The second kappa shape index (κ2) is 5.94. The predicted molar refractivity (Wildman–Crippen MR) is 91.7 cm³/mol. The highest BCUT2D eigenvalue weighted by atomic mass is 19.4.